The highest BCUT2D eigenvalue weighted by atomic mass is 19.4. The summed E-state index contributed by atoms with van der Waals surface area (Å²) in [6.07, 6.45) is -8.36. The van der Waals surface area contributed by atoms with Crippen LogP contribution in [0.1, 0.15) is 22.8 Å². The van der Waals surface area contributed by atoms with Crippen LogP contribution in [0.4, 0.5) is 13.2 Å². The van der Waals surface area contributed by atoms with Crippen molar-refractivity contribution in [3.05, 3.63) is 34.9 Å². The molecule has 0 amide bonds. The summed E-state index contributed by atoms with van der Waals surface area (Å²) in [5, 5.41) is 28.3. The van der Waals surface area contributed by atoms with Gasteiger partial charge in [-0.25, -0.2) is 4.79 Å². The van der Waals surface area contributed by atoms with Crippen molar-refractivity contribution in [2.45, 2.75) is 25.0 Å². The Kier molecular flexibility index (Phi) is 5.09. The molecule has 0 aliphatic heterocycles. The second kappa shape index (κ2) is 6.21. The molecule has 0 saturated carbocycles. The van der Waals surface area contributed by atoms with E-state index in [1.165, 1.54) is 0 Å². The molecule has 0 heterocycles. The Labute approximate surface area is 112 Å². The molecule has 2 unspecified atom stereocenters. The zero-order chi connectivity index (χ0) is 15.5. The van der Waals surface area contributed by atoms with Crippen LogP contribution >= 0.6 is 0 Å². The van der Waals surface area contributed by atoms with Gasteiger partial charge in [-0.2, -0.15) is 13.2 Å². The fraction of sp³-hybridized carbons (Fsp3) is 0.417. The summed E-state index contributed by atoms with van der Waals surface area (Å²) in [5.74, 6) is -1.14. The van der Waals surface area contributed by atoms with Gasteiger partial charge in [-0.1, -0.05) is 6.07 Å². The molecule has 0 saturated heterocycles. The van der Waals surface area contributed by atoms with Crippen molar-refractivity contribution in [1.82, 2.24) is 0 Å². The molecule has 1 aromatic rings. The van der Waals surface area contributed by atoms with Crippen LogP contribution in [0.2, 0.25) is 0 Å². The first-order chi connectivity index (χ1) is 9.22. The summed E-state index contributed by atoms with van der Waals surface area (Å²) in [4.78, 5) is 11.1. The van der Waals surface area contributed by atoms with Crippen LogP contribution < -0.4 is 0 Å². The molecule has 5 nitrogen and oxygen atoms in total. The summed E-state index contributed by atoms with van der Waals surface area (Å²) >= 11 is 0. The van der Waals surface area contributed by atoms with Crippen LogP contribution in [0.5, 0.6) is 0 Å². The topological polar surface area (TPSA) is 87.0 Å². The maximum absolute atomic E-state index is 12.5. The van der Waals surface area contributed by atoms with Crippen molar-refractivity contribution in [2.75, 3.05) is 7.11 Å². The molecule has 0 spiro atoms. The van der Waals surface area contributed by atoms with Gasteiger partial charge in [0.15, 0.2) is 6.10 Å². The number of esters is 1. The number of aliphatic hydroxyl groups is 3. The number of carbonyl (C=O) groups is 1. The molecule has 0 radical (unpaired) electrons. The standard InChI is InChI=1S/C12H13F3O5/c1-20-11(19)10(18)9(17)8-3-2-7(12(13,14)15)4-6(8)5-16/h2-4,9-10,16-18H,5H2,1H3. The number of benzene rings is 1. The Morgan fingerprint density at radius 2 is 1.95 bits per heavy atom. The minimum absolute atomic E-state index is 0.182. The van der Waals surface area contributed by atoms with Crippen LogP contribution in [0.25, 0.3) is 0 Å². The van der Waals surface area contributed by atoms with Gasteiger partial charge in [0, 0.05) is 0 Å². The number of rotatable bonds is 4. The third-order valence-corrected chi connectivity index (χ3v) is 2.70. The lowest BCUT2D eigenvalue weighted by Gasteiger charge is -2.19. The van der Waals surface area contributed by atoms with E-state index in [9.17, 15) is 28.2 Å². The van der Waals surface area contributed by atoms with Crippen molar-refractivity contribution in [2.24, 2.45) is 0 Å². The highest BCUT2D eigenvalue weighted by molar-refractivity contribution is 5.75. The third-order valence-electron chi connectivity index (χ3n) is 2.70. The van der Waals surface area contributed by atoms with E-state index < -0.39 is 36.5 Å². The van der Waals surface area contributed by atoms with Gasteiger partial charge in [0.05, 0.1) is 19.3 Å². The van der Waals surface area contributed by atoms with Gasteiger partial charge in [-0.3, -0.25) is 0 Å². The third kappa shape index (κ3) is 3.47. The van der Waals surface area contributed by atoms with Crippen LogP contribution in [0.3, 0.4) is 0 Å². The zero-order valence-electron chi connectivity index (χ0n) is 10.4. The smallest absolute Gasteiger partial charge is 0.416 e. The Morgan fingerprint density at radius 1 is 1.35 bits per heavy atom. The molecule has 3 N–H and O–H groups in total. The highest BCUT2D eigenvalue weighted by Crippen LogP contribution is 2.32. The summed E-state index contributed by atoms with van der Waals surface area (Å²) in [6, 6.07) is 2.22. The lowest BCUT2D eigenvalue weighted by atomic mass is 9.96. The fourth-order valence-corrected chi connectivity index (χ4v) is 1.63. The fourth-order valence-electron chi connectivity index (χ4n) is 1.63. The van der Waals surface area contributed by atoms with E-state index in [4.69, 9.17) is 5.11 Å². The van der Waals surface area contributed by atoms with Crippen LogP contribution in [0, 0.1) is 0 Å². The largest absolute Gasteiger partial charge is 0.467 e. The SMILES string of the molecule is COC(=O)C(O)C(O)c1ccc(C(F)(F)F)cc1CO. The molecule has 8 heteroatoms. The second-order valence-corrected chi connectivity index (χ2v) is 3.98. The van der Waals surface area contributed by atoms with E-state index >= 15 is 0 Å². The maximum Gasteiger partial charge on any atom is 0.416 e. The monoisotopic (exact) mass is 294 g/mol. The van der Waals surface area contributed by atoms with Gasteiger partial charge in [-0.05, 0) is 23.3 Å². The molecular formula is C12H13F3O5. The van der Waals surface area contributed by atoms with Crippen molar-refractivity contribution in [3.8, 4) is 0 Å². The molecular weight excluding hydrogens is 281 g/mol. The van der Waals surface area contributed by atoms with E-state index in [-0.39, 0.29) is 11.1 Å². The van der Waals surface area contributed by atoms with Gasteiger partial charge in [-0.15, -0.1) is 0 Å². The van der Waals surface area contributed by atoms with E-state index in [1.54, 1.807) is 0 Å². The minimum Gasteiger partial charge on any atom is -0.467 e. The lowest BCUT2D eigenvalue weighted by molar-refractivity contribution is -0.157. The van der Waals surface area contributed by atoms with Crippen molar-refractivity contribution < 1.29 is 38.0 Å². The van der Waals surface area contributed by atoms with Gasteiger partial charge in [0.2, 0.25) is 0 Å². The van der Waals surface area contributed by atoms with E-state index in [0.29, 0.717) is 12.1 Å². The number of hydrogen-bond acceptors (Lipinski definition) is 5. The molecule has 0 aliphatic rings. The van der Waals surface area contributed by atoms with Crippen molar-refractivity contribution in [3.63, 3.8) is 0 Å². The van der Waals surface area contributed by atoms with Gasteiger partial charge in [0.25, 0.3) is 0 Å². The Bertz CT molecular complexity index is 486. The number of halogens is 3. The molecule has 0 bridgehead atoms. The highest BCUT2D eigenvalue weighted by Gasteiger charge is 2.33. The minimum atomic E-state index is -4.60. The lowest BCUT2D eigenvalue weighted by Crippen LogP contribution is -2.29. The Hall–Kier alpha value is -1.64. The zero-order valence-corrected chi connectivity index (χ0v) is 10.4. The number of hydrogen-bond donors (Lipinski definition) is 3. The van der Waals surface area contributed by atoms with Crippen LogP contribution in [-0.4, -0.2) is 34.5 Å². The van der Waals surface area contributed by atoms with E-state index in [2.05, 4.69) is 4.74 Å². The number of aliphatic hydroxyl groups excluding tert-OH is 3. The Morgan fingerprint density at radius 3 is 2.40 bits per heavy atom. The summed E-state index contributed by atoms with van der Waals surface area (Å²) < 4.78 is 41.7. The first-order valence-corrected chi connectivity index (χ1v) is 5.47. The molecule has 0 aromatic heterocycles. The van der Waals surface area contributed by atoms with Gasteiger partial charge >= 0.3 is 12.1 Å². The molecule has 2 atom stereocenters. The molecule has 0 fully saturated rings. The van der Waals surface area contributed by atoms with E-state index in [0.717, 1.165) is 13.2 Å². The first kappa shape index (κ1) is 16.4. The van der Waals surface area contributed by atoms with Crippen molar-refractivity contribution in [1.29, 1.82) is 0 Å². The first-order valence-electron chi connectivity index (χ1n) is 5.47. The maximum atomic E-state index is 12.5. The molecule has 20 heavy (non-hydrogen) atoms. The number of carbonyl (C=O) groups excluding carboxylic acids is 1. The van der Waals surface area contributed by atoms with Crippen LogP contribution in [0.15, 0.2) is 18.2 Å². The molecule has 112 valence electrons. The number of methoxy groups -OCH3 is 1. The predicted molar refractivity (Wildman–Crippen MR) is 60.3 cm³/mol. The second-order valence-electron chi connectivity index (χ2n) is 3.98. The number of ether oxygens (including phenoxy) is 1. The van der Waals surface area contributed by atoms with Crippen LogP contribution in [-0.2, 0) is 22.3 Å². The van der Waals surface area contributed by atoms with Gasteiger partial charge in [0.1, 0.15) is 6.10 Å². The summed E-state index contributed by atoms with van der Waals surface area (Å²) in [7, 11) is 0.984. The normalized spacial score (nSPS) is 14.8. The average Bonchev–Trinajstić information content (AvgIpc) is 2.43. The van der Waals surface area contributed by atoms with Gasteiger partial charge < -0.3 is 20.1 Å². The molecule has 1 aromatic carbocycles. The predicted octanol–water partition coefficient (Wildman–Crippen LogP) is 0.765. The number of alkyl halides is 3. The summed E-state index contributed by atoms with van der Waals surface area (Å²) in [5.41, 5.74) is -1.43. The molecule has 1 rings (SSSR count). The Balaban J connectivity index is 3.16. The molecule has 0 aliphatic carbocycles. The average molecular weight is 294 g/mol. The summed E-state index contributed by atoms with van der Waals surface area (Å²) in [6.45, 7) is -0.787. The quantitative estimate of drug-likeness (QED) is 0.714. The van der Waals surface area contributed by atoms with Crippen molar-refractivity contribution >= 4 is 5.97 Å². The van der Waals surface area contributed by atoms with E-state index in [1.807, 2.05) is 0 Å².